The van der Waals surface area contributed by atoms with Gasteiger partial charge in [-0.1, -0.05) is 0 Å². The summed E-state index contributed by atoms with van der Waals surface area (Å²) in [6.07, 6.45) is 0.515. The molecule has 1 aliphatic rings. The van der Waals surface area contributed by atoms with E-state index in [-0.39, 0.29) is 18.4 Å². The second-order valence-electron chi connectivity index (χ2n) is 4.75. The lowest BCUT2D eigenvalue weighted by Crippen LogP contribution is -2.48. The van der Waals surface area contributed by atoms with Gasteiger partial charge < -0.3 is 14.8 Å². The number of aryl methyl sites for hydroxylation is 1. The molecule has 0 radical (unpaired) electrons. The summed E-state index contributed by atoms with van der Waals surface area (Å²) in [5.74, 6) is -0.685. The number of carbonyl (C=O) groups is 1. The van der Waals surface area contributed by atoms with E-state index in [0.29, 0.717) is 25.3 Å². The SMILES string of the molecule is CCOC(=O)C1(Nc2cc(C)cc(F)c2)CCOC1. The molecule has 0 bridgehead atoms. The Morgan fingerprint density at radius 3 is 2.89 bits per heavy atom. The van der Waals surface area contributed by atoms with Crippen LogP contribution in [0.15, 0.2) is 18.2 Å². The standard InChI is InChI=1S/C14H18FNO3/c1-3-19-13(17)14(4-5-18-9-14)16-12-7-10(2)6-11(15)8-12/h6-8,16H,3-5,9H2,1-2H3. The lowest BCUT2D eigenvalue weighted by Gasteiger charge is -2.27. The molecule has 104 valence electrons. The first-order chi connectivity index (χ1) is 9.05. The molecular formula is C14H18FNO3. The van der Waals surface area contributed by atoms with Crippen molar-refractivity contribution in [1.82, 2.24) is 0 Å². The van der Waals surface area contributed by atoms with Gasteiger partial charge in [-0.3, -0.25) is 0 Å². The summed E-state index contributed by atoms with van der Waals surface area (Å²) in [6.45, 7) is 4.59. The van der Waals surface area contributed by atoms with Crippen LogP contribution in [0.2, 0.25) is 0 Å². The summed E-state index contributed by atoms with van der Waals surface area (Å²) in [5.41, 5.74) is 0.451. The quantitative estimate of drug-likeness (QED) is 0.850. The number of anilines is 1. The molecule has 0 saturated carbocycles. The Labute approximate surface area is 111 Å². The van der Waals surface area contributed by atoms with E-state index >= 15 is 0 Å². The van der Waals surface area contributed by atoms with Crippen molar-refractivity contribution < 1.29 is 18.7 Å². The Morgan fingerprint density at radius 1 is 1.53 bits per heavy atom. The van der Waals surface area contributed by atoms with Gasteiger partial charge in [0.2, 0.25) is 0 Å². The van der Waals surface area contributed by atoms with Crippen LogP contribution in [0.5, 0.6) is 0 Å². The van der Waals surface area contributed by atoms with Crippen molar-refractivity contribution in [3.63, 3.8) is 0 Å². The monoisotopic (exact) mass is 267 g/mol. The third-order valence-electron chi connectivity index (χ3n) is 3.11. The van der Waals surface area contributed by atoms with Gasteiger partial charge in [0.1, 0.15) is 5.82 Å². The maximum Gasteiger partial charge on any atom is 0.334 e. The van der Waals surface area contributed by atoms with Gasteiger partial charge in [-0.15, -0.1) is 0 Å². The number of nitrogens with one attached hydrogen (secondary N) is 1. The molecule has 4 nitrogen and oxygen atoms in total. The number of hydrogen-bond donors (Lipinski definition) is 1. The fourth-order valence-corrected chi connectivity index (χ4v) is 2.23. The normalized spacial score (nSPS) is 22.3. The zero-order chi connectivity index (χ0) is 13.9. The van der Waals surface area contributed by atoms with Crippen LogP contribution in [0.1, 0.15) is 18.9 Å². The Balaban J connectivity index is 2.23. The van der Waals surface area contributed by atoms with E-state index in [0.717, 1.165) is 5.56 Å². The predicted octanol–water partition coefficient (Wildman–Crippen LogP) is 2.27. The van der Waals surface area contributed by atoms with Crippen LogP contribution in [0.4, 0.5) is 10.1 Å². The first kappa shape index (κ1) is 13.8. The summed E-state index contributed by atoms with van der Waals surface area (Å²) in [7, 11) is 0. The number of ether oxygens (including phenoxy) is 2. The number of carbonyl (C=O) groups excluding carboxylic acids is 1. The smallest absolute Gasteiger partial charge is 0.334 e. The molecule has 1 unspecified atom stereocenters. The van der Waals surface area contributed by atoms with Gasteiger partial charge >= 0.3 is 5.97 Å². The van der Waals surface area contributed by atoms with Crippen LogP contribution in [0.25, 0.3) is 0 Å². The minimum absolute atomic E-state index is 0.237. The van der Waals surface area contributed by atoms with Crippen LogP contribution in [0, 0.1) is 12.7 Å². The predicted molar refractivity (Wildman–Crippen MR) is 69.6 cm³/mol. The molecule has 1 heterocycles. The first-order valence-electron chi connectivity index (χ1n) is 6.36. The molecule has 1 N–H and O–H groups in total. The van der Waals surface area contributed by atoms with Crippen molar-refractivity contribution in [2.24, 2.45) is 0 Å². The van der Waals surface area contributed by atoms with Crippen LogP contribution >= 0.6 is 0 Å². The van der Waals surface area contributed by atoms with Gasteiger partial charge in [0.15, 0.2) is 5.54 Å². The van der Waals surface area contributed by atoms with E-state index in [2.05, 4.69) is 5.32 Å². The Morgan fingerprint density at radius 2 is 2.32 bits per heavy atom. The zero-order valence-electron chi connectivity index (χ0n) is 11.2. The first-order valence-corrected chi connectivity index (χ1v) is 6.36. The molecule has 0 spiro atoms. The van der Waals surface area contributed by atoms with Gasteiger partial charge in [0.05, 0.1) is 13.2 Å². The summed E-state index contributed by atoms with van der Waals surface area (Å²) in [4.78, 5) is 12.1. The molecule has 0 aliphatic carbocycles. The van der Waals surface area contributed by atoms with Crippen molar-refractivity contribution in [3.05, 3.63) is 29.6 Å². The second kappa shape index (κ2) is 5.57. The Bertz CT molecular complexity index is 450. The number of halogens is 1. The molecule has 2 rings (SSSR count). The third kappa shape index (κ3) is 3.04. The highest BCUT2D eigenvalue weighted by Gasteiger charge is 2.43. The van der Waals surface area contributed by atoms with E-state index in [4.69, 9.17) is 9.47 Å². The topological polar surface area (TPSA) is 47.6 Å². The van der Waals surface area contributed by atoms with Crippen molar-refractivity contribution in [1.29, 1.82) is 0 Å². The number of rotatable bonds is 4. The van der Waals surface area contributed by atoms with E-state index in [9.17, 15) is 9.18 Å². The number of hydrogen-bond acceptors (Lipinski definition) is 4. The van der Waals surface area contributed by atoms with E-state index in [1.165, 1.54) is 12.1 Å². The van der Waals surface area contributed by atoms with Crippen LogP contribution in [-0.2, 0) is 14.3 Å². The minimum atomic E-state index is -0.907. The maximum atomic E-state index is 13.4. The molecule has 1 atom stereocenters. The van der Waals surface area contributed by atoms with Crippen molar-refractivity contribution >= 4 is 11.7 Å². The van der Waals surface area contributed by atoms with Crippen molar-refractivity contribution in [2.45, 2.75) is 25.8 Å². The third-order valence-corrected chi connectivity index (χ3v) is 3.11. The van der Waals surface area contributed by atoms with Gasteiger partial charge in [-0.2, -0.15) is 0 Å². The van der Waals surface area contributed by atoms with Gasteiger partial charge in [-0.05, 0) is 37.6 Å². The molecule has 0 aromatic heterocycles. The fraction of sp³-hybridized carbons (Fsp3) is 0.500. The Kier molecular flexibility index (Phi) is 4.04. The van der Waals surface area contributed by atoms with Crippen molar-refractivity contribution in [3.8, 4) is 0 Å². The van der Waals surface area contributed by atoms with Crippen molar-refractivity contribution in [2.75, 3.05) is 25.1 Å². The highest BCUT2D eigenvalue weighted by Crippen LogP contribution is 2.27. The summed E-state index contributed by atoms with van der Waals surface area (Å²) in [6, 6.07) is 4.60. The number of benzene rings is 1. The minimum Gasteiger partial charge on any atom is -0.464 e. The molecule has 1 aromatic carbocycles. The maximum absolute atomic E-state index is 13.4. The summed E-state index contributed by atoms with van der Waals surface area (Å²) >= 11 is 0. The fourth-order valence-electron chi connectivity index (χ4n) is 2.23. The highest BCUT2D eigenvalue weighted by atomic mass is 19.1. The zero-order valence-corrected chi connectivity index (χ0v) is 11.2. The molecule has 19 heavy (non-hydrogen) atoms. The molecule has 1 fully saturated rings. The molecule has 1 aliphatic heterocycles. The molecule has 1 aromatic rings. The largest absolute Gasteiger partial charge is 0.464 e. The van der Waals surface area contributed by atoms with Gasteiger partial charge in [0.25, 0.3) is 0 Å². The van der Waals surface area contributed by atoms with Gasteiger partial charge in [0, 0.05) is 18.7 Å². The van der Waals surface area contributed by atoms with E-state index < -0.39 is 5.54 Å². The molecular weight excluding hydrogens is 249 g/mol. The lowest BCUT2D eigenvalue weighted by molar-refractivity contribution is -0.148. The molecule has 0 amide bonds. The second-order valence-corrected chi connectivity index (χ2v) is 4.75. The van der Waals surface area contributed by atoms with Gasteiger partial charge in [-0.25, -0.2) is 9.18 Å². The lowest BCUT2D eigenvalue weighted by atomic mass is 9.98. The van der Waals surface area contributed by atoms with E-state index in [1.54, 1.807) is 19.9 Å². The molecule has 1 saturated heterocycles. The average molecular weight is 267 g/mol. The van der Waals surface area contributed by atoms with Crippen LogP contribution in [0.3, 0.4) is 0 Å². The Hall–Kier alpha value is -1.62. The summed E-state index contributed by atoms with van der Waals surface area (Å²) in [5, 5.41) is 3.08. The average Bonchev–Trinajstić information content (AvgIpc) is 2.77. The van der Waals surface area contributed by atoms with Crippen LogP contribution in [-0.4, -0.2) is 31.3 Å². The summed E-state index contributed by atoms with van der Waals surface area (Å²) < 4.78 is 23.8. The molecule has 5 heteroatoms. The van der Waals surface area contributed by atoms with Crippen LogP contribution < -0.4 is 5.32 Å². The number of esters is 1. The van der Waals surface area contributed by atoms with E-state index in [1.807, 2.05) is 0 Å². The highest BCUT2D eigenvalue weighted by molar-refractivity contribution is 5.85.